The molecule has 0 bridgehead atoms. The van der Waals surface area contributed by atoms with E-state index in [1.165, 1.54) is 24.5 Å². The number of rotatable bonds is 9. The molecule has 1 N–H and O–H groups in total. The summed E-state index contributed by atoms with van der Waals surface area (Å²) in [4.78, 5) is 27.7. The van der Waals surface area contributed by atoms with E-state index in [1.807, 2.05) is 36.4 Å². The van der Waals surface area contributed by atoms with Crippen molar-refractivity contribution in [2.75, 3.05) is 19.5 Å². The molecule has 0 aliphatic carbocycles. The van der Waals surface area contributed by atoms with Crippen LogP contribution in [0.5, 0.6) is 11.5 Å². The lowest BCUT2D eigenvalue weighted by molar-refractivity contribution is -0.139. The number of thiazole rings is 1. The molecule has 0 atom stereocenters. The normalized spacial score (nSPS) is 10.6. The van der Waals surface area contributed by atoms with E-state index in [9.17, 15) is 9.59 Å². The molecule has 7 nitrogen and oxygen atoms in total. The van der Waals surface area contributed by atoms with Gasteiger partial charge in [0, 0.05) is 11.5 Å². The summed E-state index contributed by atoms with van der Waals surface area (Å²) in [7, 11) is 2.89. The third-order valence-electron chi connectivity index (χ3n) is 4.19. The van der Waals surface area contributed by atoms with E-state index in [4.69, 9.17) is 9.47 Å². The van der Waals surface area contributed by atoms with Crippen molar-refractivity contribution in [3.05, 3.63) is 76.8 Å². The number of amides is 1. The molecular weight excluding hydrogens is 416 g/mol. The molecule has 1 aromatic heterocycles. The molecule has 0 saturated heterocycles. The average molecular weight is 439 g/mol. The van der Waals surface area contributed by atoms with E-state index in [0.717, 1.165) is 11.1 Å². The van der Waals surface area contributed by atoms with Crippen molar-refractivity contribution in [3.8, 4) is 11.5 Å². The highest BCUT2D eigenvalue weighted by molar-refractivity contribution is 7.14. The van der Waals surface area contributed by atoms with Gasteiger partial charge in [-0.05, 0) is 29.3 Å². The van der Waals surface area contributed by atoms with Crippen LogP contribution in [-0.4, -0.2) is 31.1 Å². The number of benzene rings is 2. The maximum atomic E-state index is 12.2. The van der Waals surface area contributed by atoms with Crippen molar-refractivity contribution in [2.24, 2.45) is 0 Å². The molecule has 0 unspecified atom stereocenters. The second-order valence-electron chi connectivity index (χ2n) is 6.40. The molecular formula is C23H22N2O5S. The summed E-state index contributed by atoms with van der Waals surface area (Å²) in [6.07, 6.45) is 3.14. The van der Waals surface area contributed by atoms with Gasteiger partial charge in [0.25, 0.3) is 0 Å². The maximum Gasteiger partial charge on any atom is 0.311 e. The average Bonchev–Trinajstić information content (AvgIpc) is 3.23. The van der Waals surface area contributed by atoms with Gasteiger partial charge in [-0.15, -0.1) is 11.3 Å². The number of nitrogens with one attached hydrogen (secondary N) is 1. The summed E-state index contributed by atoms with van der Waals surface area (Å²) in [6.45, 7) is 0.431. The van der Waals surface area contributed by atoms with Crippen LogP contribution in [0.3, 0.4) is 0 Å². The van der Waals surface area contributed by atoms with Gasteiger partial charge in [-0.1, -0.05) is 36.4 Å². The van der Waals surface area contributed by atoms with Crippen LogP contribution in [0.2, 0.25) is 0 Å². The minimum atomic E-state index is -0.381. The second-order valence-corrected chi connectivity index (χ2v) is 7.26. The maximum absolute atomic E-state index is 12.2. The molecule has 1 amide bonds. The van der Waals surface area contributed by atoms with E-state index in [2.05, 4.69) is 15.0 Å². The predicted octanol–water partition coefficient (Wildman–Crippen LogP) is 4.10. The van der Waals surface area contributed by atoms with Gasteiger partial charge >= 0.3 is 5.97 Å². The first-order chi connectivity index (χ1) is 15.1. The van der Waals surface area contributed by atoms with Crippen molar-refractivity contribution in [2.45, 2.75) is 13.0 Å². The number of ether oxygens (including phenoxy) is 3. The zero-order chi connectivity index (χ0) is 22.1. The Hall–Kier alpha value is -3.65. The van der Waals surface area contributed by atoms with E-state index >= 15 is 0 Å². The molecule has 0 spiro atoms. The van der Waals surface area contributed by atoms with Gasteiger partial charge < -0.3 is 14.2 Å². The van der Waals surface area contributed by atoms with Gasteiger partial charge in [0.1, 0.15) is 6.61 Å². The van der Waals surface area contributed by atoms with E-state index in [0.29, 0.717) is 28.9 Å². The predicted molar refractivity (Wildman–Crippen MR) is 119 cm³/mol. The fourth-order valence-electron chi connectivity index (χ4n) is 2.63. The zero-order valence-corrected chi connectivity index (χ0v) is 18.0. The Labute approximate surface area is 184 Å². The highest BCUT2D eigenvalue weighted by Gasteiger charge is 2.09. The lowest BCUT2D eigenvalue weighted by atomic mass is 10.2. The Morgan fingerprint density at radius 3 is 2.65 bits per heavy atom. The molecule has 0 radical (unpaired) electrons. The third-order valence-corrected chi connectivity index (χ3v) is 4.99. The van der Waals surface area contributed by atoms with Gasteiger partial charge in [-0.3, -0.25) is 14.9 Å². The largest absolute Gasteiger partial charge is 0.493 e. The molecule has 3 rings (SSSR count). The first-order valence-electron chi connectivity index (χ1n) is 9.42. The number of esters is 1. The van der Waals surface area contributed by atoms with E-state index < -0.39 is 0 Å². The van der Waals surface area contributed by atoms with Crippen molar-refractivity contribution < 1.29 is 23.8 Å². The van der Waals surface area contributed by atoms with Crippen LogP contribution in [-0.2, 0) is 27.4 Å². The number of carbonyl (C=O) groups excluding carboxylic acids is 2. The first kappa shape index (κ1) is 22.0. The SMILES string of the molecule is COC(=O)Cc1csc(NC(=O)/C=C/c2ccc(OCc3ccccc3)c(OC)c2)n1. The lowest BCUT2D eigenvalue weighted by Crippen LogP contribution is -2.08. The van der Waals surface area contributed by atoms with Crippen LogP contribution < -0.4 is 14.8 Å². The number of nitrogens with zero attached hydrogens (tertiary/aromatic N) is 1. The Morgan fingerprint density at radius 1 is 1.10 bits per heavy atom. The number of methoxy groups -OCH3 is 2. The van der Waals surface area contributed by atoms with Crippen molar-refractivity contribution in [3.63, 3.8) is 0 Å². The lowest BCUT2D eigenvalue weighted by Gasteiger charge is -2.11. The van der Waals surface area contributed by atoms with Crippen LogP contribution in [0.1, 0.15) is 16.8 Å². The first-order valence-corrected chi connectivity index (χ1v) is 10.3. The van der Waals surface area contributed by atoms with Gasteiger partial charge in [-0.2, -0.15) is 0 Å². The van der Waals surface area contributed by atoms with Crippen molar-refractivity contribution in [1.29, 1.82) is 0 Å². The molecule has 31 heavy (non-hydrogen) atoms. The smallest absolute Gasteiger partial charge is 0.311 e. The van der Waals surface area contributed by atoms with Crippen LogP contribution in [0.15, 0.2) is 60.0 Å². The number of carbonyl (C=O) groups is 2. The van der Waals surface area contributed by atoms with Crippen LogP contribution in [0.4, 0.5) is 5.13 Å². The molecule has 8 heteroatoms. The monoisotopic (exact) mass is 438 g/mol. The van der Waals surface area contributed by atoms with Crippen molar-refractivity contribution >= 4 is 34.4 Å². The number of aromatic nitrogens is 1. The second kappa shape index (κ2) is 10.9. The standard InChI is InChI=1S/C23H22N2O5S/c1-28-20-12-16(8-10-19(20)30-14-17-6-4-3-5-7-17)9-11-21(26)25-23-24-18(15-31-23)13-22(27)29-2/h3-12,15H,13-14H2,1-2H3,(H,24,25,26)/b11-9+. The number of anilines is 1. The topological polar surface area (TPSA) is 86.8 Å². The number of hydrogen-bond donors (Lipinski definition) is 1. The van der Waals surface area contributed by atoms with Crippen LogP contribution in [0.25, 0.3) is 6.08 Å². The Bertz CT molecular complexity index is 1060. The molecule has 0 aliphatic heterocycles. The minimum absolute atomic E-state index is 0.0667. The van der Waals surface area contributed by atoms with Gasteiger partial charge in [0.15, 0.2) is 16.6 Å². The van der Waals surface area contributed by atoms with E-state index in [-0.39, 0.29) is 18.3 Å². The summed E-state index contributed by atoms with van der Waals surface area (Å²) in [5.41, 5.74) is 2.39. The fourth-order valence-corrected chi connectivity index (χ4v) is 3.34. The summed E-state index contributed by atoms with van der Waals surface area (Å²) < 4.78 is 15.9. The van der Waals surface area contributed by atoms with E-state index in [1.54, 1.807) is 30.7 Å². The quantitative estimate of drug-likeness (QED) is 0.400. The third kappa shape index (κ3) is 6.68. The van der Waals surface area contributed by atoms with Crippen LogP contribution in [0, 0.1) is 0 Å². The van der Waals surface area contributed by atoms with Crippen molar-refractivity contribution in [1.82, 2.24) is 4.98 Å². The number of hydrogen-bond acceptors (Lipinski definition) is 7. The highest BCUT2D eigenvalue weighted by Crippen LogP contribution is 2.29. The molecule has 0 aliphatic rings. The summed E-state index contributed by atoms with van der Waals surface area (Å²) in [5.74, 6) is 0.482. The highest BCUT2D eigenvalue weighted by atomic mass is 32.1. The summed E-state index contributed by atoms with van der Waals surface area (Å²) >= 11 is 1.24. The van der Waals surface area contributed by atoms with Crippen LogP contribution >= 0.6 is 11.3 Å². The minimum Gasteiger partial charge on any atom is -0.493 e. The summed E-state index contributed by atoms with van der Waals surface area (Å²) in [5, 5.41) is 4.79. The Balaban J connectivity index is 1.58. The molecule has 3 aromatic rings. The Morgan fingerprint density at radius 2 is 1.90 bits per heavy atom. The molecule has 0 saturated carbocycles. The molecule has 1 heterocycles. The molecule has 160 valence electrons. The fraction of sp³-hybridized carbons (Fsp3) is 0.174. The van der Waals surface area contributed by atoms with Gasteiger partial charge in [0.05, 0.1) is 26.3 Å². The zero-order valence-electron chi connectivity index (χ0n) is 17.2. The van der Waals surface area contributed by atoms with Gasteiger partial charge in [0.2, 0.25) is 5.91 Å². The Kier molecular flexibility index (Phi) is 7.78. The van der Waals surface area contributed by atoms with Gasteiger partial charge in [-0.25, -0.2) is 4.98 Å². The molecule has 0 fully saturated rings. The molecule has 2 aromatic carbocycles. The summed E-state index contributed by atoms with van der Waals surface area (Å²) in [6, 6.07) is 15.3.